The number of nitrogens with zero attached hydrogens (tertiary/aromatic N) is 5. The fourth-order valence-electron chi connectivity index (χ4n) is 2.94. The van der Waals surface area contributed by atoms with Crippen LogP contribution >= 0.6 is 22.9 Å². The number of carbonyl (C=O) groups is 2. The van der Waals surface area contributed by atoms with E-state index in [1.54, 1.807) is 17.5 Å². The number of ether oxygens (including phenoxy) is 1. The molecule has 4 aromatic rings. The lowest BCUT2D eigenvalue weighted by Crippen LogP contribution is -2.18. The number of hydrogen-bond acceptors (Lipinski definition) is 7. The van der Waals surface area contributed by atoms with Crippen molar-refractivity contribution in [2.24, 2.45) is 7.05 Å². The molecule has 166 valence electrons. The van der Waals surface area contributed by atoms with Crippen LogP contribution < -0.4 is 5.32 Å². The van der Waals surface area contributed by atoms with Crippen LogP contribution in [0.25, 0.3) is 16.2 Å². The SMILES string of the molecule is COC(=O)c1c(NC(=O)c2nn3c(C(F)(F)F)cc(-c4cccs4)nc3c2Cl)cnn1C. The number of esters is 1. The second kappa shape index (κ2) is 7.91. The van der Waals surface area contributed by atoms with Crippen molar-refractivity contribution >= 4 is 46.1 Å². The molecule has 0 atom stereocenters. The molecule has 1 N–H and O–H groups in total. The van der Waals surface area contributed by atoms with Gasteiger partial charge >= 0.3 is 12.1 Å². The van der Waals surface area contributed by atoms with E-state index in [-0.39, 0.29) is 27.7 Å². The summed E-state index contributed by atoms with van der Waals surface area (Å²) in [5.41, 5.74) is -2.06. The summed E-state index contributed by atoms with van der Waals surface area (Å²) in [5, 5.41) is 11.3. The second-order valence-corrected chi connectivity index (χ2v) is 7.70. The van der Waals surface area contributed by atoms with Crippen LogP contribution in [0.5, 0.6) is 0 Å². The molecule has 0 saturated heterocycles. The standard InChI is InChI=1S/C18H12ClF3N6O3S/c1-27-14(17(30)31-2)9(7-23-27)25-16(29)13-12(19)15-24-8(10-4-3-5-32-10)6-11(18(20,21)22)28(15)26-13/h3-7H,1-2H3,(H,25,29). The maximum Gasteiger partial charge on any atom is 0.433 e. The normalized spacial score (nSPS) is 11.7. The van der Waals surface area contributed by atoms with Gasteiger partial charge in [0.1, 0.15) is 5.02 Å². The van der Waals surface area contributed by atoms with E-state index >= 15 is 0 Å². The summed E-state index contributed by atoms with van der Waals surface area (Å²) in [4.78, 5) is 29.4. The molecule has 0 unspecified atom stereocenters. The molecule has 9 nitrogen and oxygen atoms in total. The van der Waals surface area contributed by atoms with E-state index in [9.17, 15) is 22.8 Å². The highest BCUT2D eigenvalue weighted by molar-refractivity contribution is 7.13. The van der Waals surface area contributed by atoms with Crippen molar-refractivity contribution < 1.29 is 27.5 Å². The van der Waals surface area contributed by atoms with Crippen LogP contribution in [0.3, 0.4) is 0 Å². The Hall–Kier alpha value is -3.45. The highest BCUT2D eigenvalue weighted by Gasteiger charge is 2.37. The summed E-state index contributed by atoms with van der Waals surface area (Å²) >= 11 is 7.42. The van der Waals surface area contributed by atoms with Crippen LogP contribution in [-0.2, 0) is 18.0 Å². The predicted molar refractivity (Wildman–Crippen MR) is 109 cm³/mol. The Kier molecular flexibility index (Phi) is 5.38. The van der Waals surface area contributed by atoms with Gasteiger partial charge in [-0.05, 0) is 17.5 Å². The number of alkyl halides is 3. The quantitative estimate of drug-likeness (QED) is 0.441. The number of aryl methyl sites for hydroxylation is 1. The summed E-state index contributed by atoms with van der Waals surface area (Å²) in [5.74, 6) is -1.73. The number of hydrogen-bond donors (Lipinski definition) is 1. The number of rotatable bonds is 4. The van der Waals surface area contributed by atoms with Gasteiger partial charge in [-0.3, -0.25) is 9.48 Å². The lowest BCUT2D eigenvalue weighted by atomic mass is 10.2. The average Bonchev–Trinajstić information content (AvgIpc) is 3.46. The number of carbonyl (C=O) groups excluding carboxylic acids is 2. The smallest absolute Gasteiger partial charge is 0.433 e. The molecule has 14 heteroatoms. The molecule has 0 radical (unpaired) electrons. The first-order valence-electron chi connectivity index (χ1n) is 8.73. The first-order valence-corrected chi connectivity index (χ1v) is 9.99. The van der Waals surface area contributed by atoms with Gasteiger partial charge in [0.15, 0.2) is 22.7 Å². The molecule has 4 aromatic heterocycles. The van der Waals surface area contributed by atoms with E-state index in [0.717, 1.165) is 13.2 Å². The zero-order valence-electron chi connectivity index (χ0n) is 16.3. The Morgan fingerprint density at radius 3 is 2.69 bits per heavy atom. The van der Waals surface area contributed by atoms with Gasteiger partial charge in [-0.1, -0.05) is 17.7 Å². The number of anilines is 1. The third-order valence-corrected chi connectivity index (χ3v) is 5.62. The van der Waals surface area contributed by atoms with Crippen LogP contribution in [0.1, 0.15) is 26.7 Å². The Balaban J connectivity index is 1.82. The minimum absolute atomic E-state index is 0.0271. The lowest BCUT2D eigenvalue weighted by Gasteiger charge is -2.10. The number of nitrogens with one attached hydrogen (secondary N) is 1. The molecule has 0 aliphatic carbocycles. The van der Waals surface area contributed by atoms with E-state index in [1.165, 1.54) is 29.3 Å². The van der Waals surface area contributed by atoms with E-state index < -0.39 is 29.4 Å². The molecule has 4 heterocycles. The van der Waals surface area contributed by atoms with Crippen molar-refractivity contribution in [1.82, 2.24) is 24.4 Å². The van der Waals surface area contributed by atoms with Crippen LogP contribution in [0.2, 0.25) is 5.02 Å². The van der Waals surface area contributed by atoms with Crippen molar-refractivity contribution in [3.63, 3.8) is 0 Å². The minimum atomic E-state index is -4.79. The molecule has 32 heavy (non-hydrogen) atoms. The summed E-state index contributed by atoms with van der Waals surface area (Å²) in [6.45, 7) is 0. The number of amides is 1. The first kappa shape index (κ1) is 21.8. The molecule has 0 spiro atoms. The Bertz CT molecular complexity index is 1350. The topological polar surface area (TPSA) is 103 Å². The maximum atomic E-state index is 13.7. The van der Waals surface area contributed by atoms with Crippen molar-refractivity contribution in [1.29, 1.82) is 0 Å². The number of aromatic nitrogens is 5. The summed E-state index contributed by atoms with van der Waals surface area (Å²) in [7, 11) is 2.60. The van der Waals surface area contributed by atoms with Gasteiger partial charge in [0, 0.05) is 7.05 Å². The van der Waals surface area contributed by atoms with Crippen molar-refractivity contribution in [2.75, 3.05) is 12.4 Å². The highest BCUT2D eigenvalue weighted by atomic mass is 35.5. The van der Waals surface area contributed by atoms with Crippen LogP contribution in [0.4, 0.5) is 18.9 Å². The van der Waals surface area contributed by atoms with Crippen LogP contribution in [0.15, 0.2) is 29.8 Å². The van der Waals surface area contributed by atoms with Gasteiger partial charge < -0.3 is 10.1 Å². The molecule has 0 aliphatic rings. The molecular formula is C18H12ClF3N6O3S. The third-order valence-electron chi connectivity index (χ3n) is 4.38. The van der Waals surface area contributed by atoms with Crippen LogP contribution in [-0.4, -0.2) is 43.4 Å². The van der Waals surface area contributed by atoms with Gasteiger partial charge in [0.2, 0.25) is 0 Å². The van der Waals surface area contributed by atoms with E-state index in [0.29, 0.717) is 9.39 Å². The lowest BCUT2D eigenvalue weighted by molar-refractivity contribution is -0.142. The summed E-state index contributed by atoms with van der Waals surface area (Å²) in [6.07, 6.45) is -3.61. The number of halogens is 4. The summed E-state index contributed by atoms with van der Waals surface area (Å²) < 4.78 is 47.4. The van der Waals surface area contributed by atoms with Gasteiger partial charge in [-0.2, -0.15) is 23.4 Å². The molecule has 1 amide bonds. The molecule has 0 saturated carbocycles. The zero-order chi connectivity index (χ0) is 23.2. The fraction of sp³-hybridized carbons (Fsp3) is 0.167. The van der Waals surface area contributed by atoms with Gasteiger partial charge in [-0.15, -0.1) is 11.3 Å². The van der Waals surface area contributed by atoms with Gasteiger partial charge in [0.25, 0.3) is 5.91 Å². The van der Waals surface area contributed by atoms with E-state index in [2.05, 4.69) is 25.2 Å². The molecule has 4 rings (SSSR count). The first-order chi connectivity index (χ1) is 15.1. The zero-order valence-corrected chi connectivity index (χ0v) is 17.8. The molecule has 0 aliphatic heterocycles. The maximum absolute atomic E-state index is 13.7. The van der Waals surface area contributed by atoms with E-state index in [4.69, 9.17) is 11.6 Å². The van der Waals surface area contributed by atoms with Crippen molar-refractivity contribution in [2.45, 2.75) is 6.18 Å². The Morgan fingerprint density at radius 2 is 2.06 bits per heavy atom. The van der Waals surface area contributed by atoms with Crippen molar-refractivity contribution in [3.8, 4) is 10.6 Å². The summed E-state index contributed by atoms with van der Waals surface area (Å²) in [6, 6.07) is 4.11. The van der Waals surface area contributed by atoms with Crippen LogP contribution in [0, 0.1) is 0 Å². The minimum Gasteiger partial charge on any atom is -0.464 e. The Morgan fingerprint density at radius 1 is 1.31 bits per heavy atom. The third kappa shape index (κ3) is 3.69. The van der Waals surface area contributed by atoms with E-state index in [1.807, 2.05) is 0 Å². The average molecular weight is 485 g/mol. The number of fused-ring (bicyclic) bond motifs is 1. The highest BCUT2D eigenvalue weighted by Crippen LogP contribution is 2.35. The largest absolute Gasteiger partial charge is 0.464 e. The molecular weight excluding hydrogens is 473 g/mol. The molecule has 0 fully saturated rings. The Labute approximate surface area is 186 Å². The van der Waals surface area contributed by atoms with Gasteiger partial charge in [-0.25, -0.2) is 14.3 Å². The fourth-order valence-corrected chi connectivity index (χ4v) is 3.87. The van der Waals surface area contributed by atoms with Crippen molar-refractivity contribution in [3.05, 3.63) is 51.9 Å². The molecule has 0 aromatic carbocycles. The number of methoxy groups -OCH3 is 1. The monoisotopic (exact) mass is 484 g/mol. The number of thiophene rings is 1. The second-order valence-electron chi connectivity index (χ2n) is 6.38. The molecule has 0 bridgehead atoms. The predicted octanol–water partition coefficient (Wildman–Crippen LogP) is 3.90. The van der Waals surface area contributed by atoms with Gasteiger partial charge in [0.05, 0.1) is 29.6 Å².